The zero-order valence-electron chi connectivity index (χ0n) is 17.3. The number of nitrogens with zero attached hydrogens (tertiary/aromatic N) is 5. The van der Waals surface area contributed by atoms with Crippen molar-refractivity contribution in [1.82, 2.24) is 24.5 Å². The third kappa shape index (κ3) is 3.70. The van der Waals surface area contributed by atoms with Crippen LogP contribution in [0.3, 0.4) is 0 Å². The van der Waals surface area contributed by atoms with Gasteiger partial charge in [0.05, 0.1) is 35.0 Å². The minimum atomic E-state index is -4.63. The normalized spacial score (nSPS) is 12.4. The first kappa shape index (κ1) is 21.8. The first-order chi connectivity index (χ1) is 15.0. The van der Waals surface area contributed by atoms with E-state index in [-0.39, 0.29) is 16.3 Å². The summed E-state index contributed by atoms with van der Waals surface area (Å²) in [6.07, 6.45) is -0.305. The smallest absolute Gasteiger partial charge is 0.277 e. The quantitative estimate of drug-likeness (QED) is 0.484. The van der Waals surface area contributed by atoms with Crippen LogP contribution in [0.5, 0.6) is 0 Å². The first-order valence-electron chi connectivity index (χ1n) is 9.57. The van der Waals surface area contributed by atoms with Gasteiger partial charge in [-0.2, -0.15) is 23.4 Å². The second kappa shape index (κ2) is 7.62. The number of hydrogen-bond donors (Lipinski definition) is 1. The van der Waals surface area contributed by atoms with Crippen molar-refractivity contribution in [3.63, 3.8) is 0 Å². The SMILES string of the molecule is CCc1ccc2cnn(C)c2c1NS(=O)(=O)c1cnn(-c2ccnc(C(F)(F)F)c2)c1C. The second-order valence-corrected chi connectivity index (χ2v) is 8.82. The highest BCUT2D eigenvalue weighted by Crippen LogP contribution is 2.32. The molecule has 0 aliphatic carbocycles. The maximum atomic E-state index is 13.3. The lowest BCUT2D eigenvalue weighted by atomic mass is 10.1. The molecule has 0 aliphatic heterocycles. The second-order valence-electron chi connectivity index (χ2n) is 7.17. The van der Waals surface area contributed by atoms with Crippen molar-refractivity contribution in [2.45, 2.75) is 31.3 Å². The van der Waals surface area contributed by atoms with Gasteiger partial charge in [0.15, 0.2) is 0 Å². The maximum absolute atomic E-state index is 13.3. The Kier molecular flexibility index (Phi) is 5.19. The molecule has 0 radical (unpaired) electrons. The van der Waals surface area contributed by atoms with E-state index >= 15 is 0 Å². The Bertz CT molecular complexity index is 1420. The zero-order chi connectivity index (χ0) is 23.3. The van der Waals surface area contributed by atoms with Gasteiger partial charge >= 0.3 is 6.18 Å². The van der Waals surface area contributed by atoms with E-state index in [0.717, 1.165) is 34.1 Å². The zero-order valence-corrected chi connectivity index (χ0v) is 18.2. The van der Waals surface area contributed by atoms with Crippen LogP contribution in [0.2, 0.25) is 0 Å². The summed E-state index contributed by atoms with van der Waals surface area (Å²) in [7, 11) is -2.39. The molecule has 0 spiro atoms. The summed E-state index contributed by atoms with van der Waals surface area (Å²) >= 11 is 0. The third-order valence-electron chi connectivity index (χ3n) is 5.14. The van der Waals surface area contributed by atoms with Gasteiger partial charge in [0.1, 0.15) is 10.6 Å². The van der Waals surface area contributed by atoms with Gasteiger partial charge < -0.3 is 0 Å². The van der Waals surface area contributed by atoms with Gasteiger partial charge in [-0.1, -0.05) is 19.1 Å². The number of alkyl halides is 3. The molecule has 8 nitrogen and oxygen atoms in total. The molecule has 0 atom stereocenters. The number of sulfonamides is 1. The van der Waals surface area contributed by atoms with Gasteiger partial charge in [-0.25, -0.2) is 13.1 Å². The number of hydrogen-bond acceptors (Lipinski definition) is 5. The number of fused-ring (bicyclic) bond motifs is 1. The largest absolute Gasteiger partial charge is 0.433 e. The summed E-state index contributed by atoms with van der Waals surface area (Å²) in [5, 5.41) is 8.98. The van der Waals surface area contributed by atoms with Crippen LogP contribution in [0.25, 0.3) is 16.6 Å². The van der Waals surface area contributed by atoms with E-state index < -0.39 is 21.9 Å². The fourth-order valence-corrected chi connectivity index (χ4v) is 4.80. The predicted molar refractivity (Wildman–Crippen MR) is 112 cm³/mol. The summed E-state index contributed by atoms with van der Waals surface area (Å²) < 4.78 is 70.9. The monoisotopic (exact) mass is 464 g/mol. The Morgan fingerprint density at radius 1 is 1.12 bits per heavy atom. The predicted octanol–water partition coefficient (Wildman–Crippen LogP) is 3.84. The molecule has 0 saturated heterocycles. The molecule has 3 aromatic heterocycles. The number of rotatable bonds is 5. The molecular weight excluding hydrogens is 445 g/mol. The number of aryl methyl sites for hydroxylation is 2. The summed E-state index contributed by atoms with van der Waals surface area (Å²) in [6, 6.07) is 5.83. The van der Waals surface area contributed by atoms with Gasteiger partial charge in [0.2, 0.25) is 0 Å². The van der Waals surface area contributed by atoms with E-state index in [1.54, 1.807) is 17.9 Å². The first-order valence-corrected chi connectivity index (χ1v) is 11.1. The van der Waals surface area contributed by atoms with Crippen LogP contribution in [-0.4, -0.2) is 33.0 Å². The highest BCUT2D eigenvalue weighted by Gasteiger charge is 2.33. The van der Waals surface area contributed by atoms with Gasteiger partial charge in [-0.15, -0.1) is 0 Å². The number of nitrogens with one attached hydrogen (secondary N) is 1. The van der Waals surface area contributed by atoms with Crippen molar-refractivity contribution in [3.05, 3.63) is 59.8 Å². The van der Waals surface area contributed by atoms with E-state index in [9.17, 15) is 21.6 Å². The summed E-state index contributed by atoms with van der Waals surface area (Å²) in [5.74, 6) is 0. The minimum Gasteiger partial charge on any atom is -0.277 e. The lowest BCUT2D eigenvalue weighted by Gasteiger charge is -2.14. The molecular formula is C20H19F3N6O2S. The molecule has 0 saturated carbocycles. The van der Waals surface area contributed by atoms with Gasteiger partial charge in [-0.3, -0.25) is 14.4 Å². The molecule has 0 bridgehead atoms. The van der Waals surface area contributed by atoms with E-state index in [1.807, 2.05) is 19.1 Å². The van der Waals surface area contributed by atoms with Crippen LogP contribution in [0, 0.1) is 6.92 Å². The molecule has 4 rings (SSSR count). The van der Waals surface area contributed by atoms with Crippen LogP contribution in [-0.2, 0) is 29.7 Å². The lowest BCUT2D eigenvalue weighted by molar-refractivity contribution is -0.141. The molecule has 4 aromatic rings. The van der Waals surface area contributed by atoms with Crippen LogP contribution in [0.4, 0.5) is 18.9 Å². The molecule has 1 N–H and O–H groups in total. The fraction of sp³-hybridized carbons (Fsp3) is 0.250. The lowest BCUT2D eigenvalue weighted by Crippen LogP contribution is -2.16. The Hall–Kier alpha value is -3.41. The van der Waals surface area contributed by atoms with Crippen molar-refractivity contribution >= 4 is 26.6 Å². The van der Waals surface area contributed by atoms with Gasteiger partial charge in [-0.05, 0) is 31.0 Å². The van der Waals surface area contributed by atoms with E-state index in [1.165, 1.54) is 13.0 Å². The third-order valence-corrected chi connectivity index (χ3v) is 6.59. The summed E-state index contributed by atoms with van der Waals surface area (Å²) in [5.41, 5.74) is 0.922. The van der Waals surface area contributed by atoms with Crippen molar-refractivity contribution in [2.24, 2.45) is 7.05 Å². The average molecular weight is 464 g/mol. The van der Waals surface area contributed by atoms with Crippen LogP contribution in [0.1, 0.15) is 23.9 Å². The van der Waals surface area contributed by atoms with Crippen molar-refractivity contribution < 1.29 is 21.6 Å². The Labute approximate surface area is 181 Å². The molecule has 0 fully saturated rings. The topological polar surface area (TPSA) is 94.7 Å². The average Bonchev–Trinajstić information content (AvgIpc) is 3.31. The van der Waals surface area contributed by atoms with E-state index in [4.69, 9.17) is 0 Å². The number of aromatic nitrogens is 5. The van der Waals surface area contributed by atoms with Crippen molar-refractivity contribution in [3.8, 4) is 5.69 Å². The number of benzene rings is 1. The summed E-state index contributed by atoms with van der Waals surface area (Å²) in [6.45, 7) is 3.38. The molecule has 1 aromatic carbocycles. The molecule has 0 unspecified atom stereocenters. The highest BCUT2D eigenvalue weighted by molar-refractivity contribution is 7.92. The minimum absolute atomic E-state index is 0.0502. The molecule has 0 amide bonds. The molecule has 168 valence electrons. The van der Waals surface area contributed by atoms with E-state index in [2.05, 4.69) is 19.9 Å². The molecule has 12 heteroatoms. The Morgan fingerprint density at radius 2 is 1.88 bits per heavy atom. The number of anilines is 1. The molecule has 3 heterocycles. The standard InChI is InChI=1S/C20H19F3N6O2S/c1-4-13-5-6-14-10-25-28(3)19(14)18(13)27-32(30,31)16-11-26-29(12(16)2)15-7-8-24-17(9-15)20(21,22)23/h5-11,27H,4H2,1-3H3. The van der Waals surface area contributed by atoms with Crippen molar-refractivity contribution in [2.75, 3.05) is 4.72 Å². The Balaban J connectivity index is 1.78. The fourth-order valence-electron chi connectivity index (χ4n) is 3.53. The van der Waals surface area contributed by atoms with Crippen LogP contribution in [0.15, 0.2) is 47.8 Å². The highest BCUT2D eigenvalue weighted by atomic mass is 32.2. The van der Waals surface area contributed by atoms with Crippen LogP contribution < -0.4 is 4.72 Å². The summed E-state index contributed by atoms with van der Waals surface area (Å²) in [4.78, 5) is 3.17. The molecule has 0 aliphatic rings. The van der Waals surface area contributed by atoms with Gasteiger partial charge in [0, 0.05) is 18.6 Å². The Morgan fingerprint density at radius 3 is 2.56 bits per heavy atom. The number of halogens is 3. The maximum Gasteiger partial charge on any atom is 0.433 e. The van der Waals surface area contributed by atoms with Crippen LogP contribution >= 0.6 is 0 Å². The number of pyridine rings is 1. The molecule has 32 heavy (non-hydrogen) atoms. The van der Waals surface area contributed by atoms with Gasteiger partial charge in [0.25, 0.3) is 10.0 Å². The van der Waals surface area contributed by atoms with Crippen molar-refractivity contribution in [1.29, 1.82) is 0 Å². The van der Waals surface area contributed by atoms with E-state index in [0.29, 0.717) is 17.6 Å².